The average molecular weight is 408 g/mol. The number of amides is 1. The molecule has 0 fully saturated rings. The third-order valence-corrected chi connectivity index (χ3v) is 4.33. The fourth-order valence-corrected chi connectivity index (χ4v) is 3.48. The first kappa shape index (κ1) is 14.5. The molecule has 3 nitrogen and oxygen atoms in total. The summed E-state index contributed by atoms with van der Waals surface area (Å²) in [5.74, 6) is -0.162. The summed E-state index contributed by atoms with van der Waals surface area (Å²) in [7, 11) is 0. The minimum atomic E-state index is -0.162. The lowest BCUT2D eigenvalue weighted by Crippen LogP contribution is -2.14. The summed E-state index contributed by atoms with van der Waals surface area (Å²) in [5.41, 5.74) is 5.00. The maximum absolute atomic E-state index is 12.2. The number of carbonyl (C=O) groups excluding carboxylic acids is 1. The highest BCUT2D eigenvalue weighted by atomic mass is 79.9. The van der Waals surface area contributed by atoms with Crippen LogP contribution in [0.2, 0.25) is 0 Å². The number of nitrogens with one attached hydrogen (secondary N) is 1. The highest BCUT2D eigenvalue weighted by molar-refractivity contribution is 9.10. The van der Waals surface area contributed by atoms with Crippen molar-refractivity contribution >= 4 is 54.9 Å². The molecule has 3 rings (SSSR count). The monoisotopic (exact) mass is 406 g/mol. The molecule has 21 heavy (non-hydrogen) atoms. The molecule has 0 atom stereocenters. The summed E-state index contributed by atoms with van der Waals surface area (Å²) >= 11 is 6.91. The lowest BCUT2D eigenvalue weighted by molar-refractivity contribution is -0.110. The van der Waals surface area contributed by atoms with Crippen molar-refractivity contribution in [2.45, 2.75) is 13.8 Å². The molecule has 1 heterocycles. The molecular weight excluding hydrogens is 396 g/mol. The third kappa shape index (κ3) is 2.68. The Labute approximate surface area is 139 Å². The molecule has 1 aliphatic heterocycles. The number of benzene rings is 2. The normalized spacial score (nSPS) is 15.2. The Hall–Kier alpha value is -1.46. The maximum Gasteiger partial charge on any atom is 0.275 e. The Morgan fingerprint density at radius 2 is 1.67 bits per heavy atom. The largest absolute Gasteiger partial charge is 0.320 e. The number of anilines is 1. The zero-order valence-corrected chi connectivity index (χ0v) is 14.7. The van der Waals surface area contributed by atoms with Gasteiger partial charge in [0.15, 0.2) is 0 Å². The molecule has 0 aromatic heterocycles. The maximum atomic E-state index is 12.2. The van der Waals surface area contributed by atoms with Gasteiger partial charge in [-0.05, 0) is 55.3 Å². The van der Waals surface area contributed by atoms with E-state index in [-0.39, 0.29) is 5.91 Å². The zero-order valence-electron chi connectivity index (χ0n) is 11.5. The first-order chi connectivity index (χ1) is 9.95. The number of aryl methyl sites for hydroxylation is 2. The zero-order chi connectivity index (χ0) is 15.1. The minimum Gasteiger partial charge on any atom is -0.320 e. The second kappa shape index (κ2) is 5.39. The topological polar surface area (TPSA) is 41.5 Å². The molecule has 0 unspecified atom stereocenters. The van der Waals surface area contributed by atoms with Gasteiger partial charge in [-0.25, -0.2) is 4.99 Å². The Morgan fingerprint density at radius 3 is 2.33 bits per heavy atom. The average Bonchev–Trinajstić information content (AvgIpc) is 2.69. The van der Waals surface area contributed by atoms with Crippen LogP contribution in [0.15, 0.2) is 44.3 Å². The summed E-state index contributed by atoms with van der Waals surface area (Å²) in [6.45, 7) is 3.98. The van der Waals surface area contributed by atoms with Crippen LogP contribution in [0.1, 0.15) is 16.7 Å². The van der Waals surface area contributed by atoms with Crippen LogP contribution < -0.4 is 5.32 Å². The summed E-state index contributed by atoms with van der Waals surface area (Å²) < 4.78 is 1.94. The highest BCUT2D eigenvalue weighted by Crippen LogP contribution is 2.32. The van der Waals surface area contributed by atoms with E-state index in [1.807, 2.05) is 44.2 Å². The molecule has 1 aliphatic rings. The van der Waals surface area contributed by atoms with E-state index in [1.54, 1.807) is 0 Å². The first-order valence-electron chi connectivity index (χ1n) is 6.42. The standard InChI is InChI=1S/C16H12Br2N2O/c1-8-5-11(18)6-9(2)14(8)20-15-12-7-10(17)3-4-13(12)19-16(15)21/h3-7H,1-2H3,(H,19,20,21). The van der Waals surface area contributed by atoms with Crippen molar-refractivity contribution in [3.8, 4) is 0 Å². The summed E-state index contributed by atoms with van der Waals surface area (Å²) in [5, 5.41) is 2.85. The van der Waals surface area contributed by atoms with E-state index in [0.29, 0.717) is 5.71 Å². The van der Waals surface area contributed by atoms with Gasteiger partial charge >= 0.3 is 0 Å². The SMILES string of the molecule is Cc1cc(Br)cc(C)c1N=C1C(=O)Nc2ccc(Br)cc21. The molecule has 0 bridgehead atoms. The molecular formula is C16H12Br2N2O. The molecule has 0 radical (unpaired) electrons. The van der Waals surface area contributed by atoms with E-state index in [0.717, 1.165) is 37.0 Å². The molecule has 2 aromatic rings. The van der Waals surface area contributed by atoms with Crippen LogP contribution in [-0.2, 0) is 4.79 Å². The summed E-state index contributed by atoms with van der Waals surface area (Å²) in [4.78, 5) is 16.8. The molecule has 0 saturated heterocycles. The first-order valence-corrected chi connectivity index (χ1v) is 8.01. The van der Waals surface area contributed by atoms with Gasteiger partial charge in [-0.3, -0.25) is 4.79 Å². The molecule has 2 aromatic carbocycles. The van der Waals surface area contributed by atoms with Crippen molar-refractivity contribution in [2.75, 3.05) is 5.32 Å². The molecule has 0 aliphatic carbocycles. The Bertz CT molecular complexity index is 774. The van der Waals surface area contributed by atoms with Gasteiger partial charge in [0.05, 0.1) is 11.4 Å². The molecule has 1 amide bonds. The van der Waals surface area contributed by atoms with E-state index < -0.39 is 0 Å². The Kier molecular flexibility index (Phi) is 3.71. The number of hydrogen-bond acceptors (Lipinski definition) is 2. The number of nitrogens with zero attached hydrogens (tertiary/aromatic N) is 1. The van der Waals surface area contributed by atoms with E-state index in [9.17, 15) is 4.79 Å². The van der Waals surface area contributed by atoms with Gasteiger partial charge in [-0.2, -0.15) is 0 Å². The number of hydrogen-bond donors (Lipinski definition) is 1. The minimum absolute atomic E-state index is 0.162. The van der Waals surface area contributed by atoms with Crippen molar-refractivity contribution in [3.63, 3.8) is 0 Å². The van der Waals surface area contributed by atoms with Crippen LogP contribution in [-0.4, -0.2) is 11.6 Å². The lowest BCUT2D eigenvalue weighted by Gasteiger charge is -2.07. The van der Waals surface area contributed by atoms with Crippen LogP contribution in [0.25, 0.3) is 0 Å². The van der Waals surface area contributed by atoms with Gasteiger partial charge in [0.1, 0.15) is 5.71 Å². The van der Waals surface area contributed by atoms with Crippen molar-refractivity contribution in [1.82, 2.24) is 0 Å². The Balaban J connectivity index is 2.18. The molecule has 0 saturated carbocycles. The van der Waals surface area contributed by atoms with Crippen LogP contribution in [0.5, 0.6) is 0 Å². The Morgan fingerprint density at radius 1 is 1.00 bits per heavy atom. The van der Waals surface area contributed by atoms with E-state index in [4.69, 9.17) is 0 Å². The van der Waals surface area contributed by atoms with Gasteiger partial charge in [0.2, 0.25) is 0 Å². The van der Waals surface area contributed by atoms with Crippen LogP contribution in [0.3, 0.4) is 0 Å². The molecule has 106 valence electrons. The smallest absolute Gasteiger partial charge is 0.275 e. The van der Waals surface area contributed by atoms with Crippen molar-refractivity contribution in [2.24, 2.45) is 4.99 Å². The number of fused-ring (bicyclic) bond motifs is 1. The van der Waals surface area contributed by atoms with Crippen LogP contribution >= 0.6 is 31.9 Å². The van der Waals surface area contributed by atoms with Gasteiger partial charge in [0, 0.05) is 14.5 Å². The summed E-state index contributed by atoms with van der Waals surface area (Å²) in [6, 6.07) is 9.69. The van der Waals surface area contributed by atoms with Crippen molar-refractivity contribution in [1.29, 1.82) is 0 Å². The summed E-state index contributed by atoms with van der Waals surface area (Å²) in [6.07, 6.45) is 0. The van der Waals surface area contributed by atoms with Gasteiger partial charge in [0.25, 0.3) is 5.91 Å². The number of rotatable bonds is 1. The molecule has 0 spiro atoms. The fraction of sp³-hybridized carbons (Fsp3) is 0.125. The van der Waals surface area contributed by atoms with Crippen molar-refractivity contribution < 1.29 is 4.79 Å². The van der Waals surface area contributed by atoms with Gasteiger partial charge in [-0.1, -0.05) is 31.9 Å². The third-order valence-electron chi connectivity index (χ3n) is 3.38. The second-order valence-corrected chi connectivity index (χ2v) is 6.82. The highest BCUT2D eigenvalue weighted by Gasteiger charge is 2.26. The fourth-order valence-electron chi connectivity index (χ4n) is 2.43. The van der Waals surface area contributed by atoms with Gasteiger partial charge < -0.3 is 5.32 Å². The van der Waals surface area contributed by atoms with Crippen LogP contribution in [0.4, 0.5) is 11.4 Å². The lowest BCUT2D eigenvalue weighted by atomic mass is 10.1. The van der Waals surface area contributed by atoms with Crippen LogP contribution in [0, 0.1) is 13.8 Å². The second-order valence-electron chi connectivity index (χ2n) is 4.99. The van der Waals surface area contributed by atoms with Gasteiger partial charge in [-0.15, -0.1) is 0 Å². The molecule has 5 heteroatoms. The van der Waals surface area contributed by atoms with Crippen molar-refractivity contribution in [3.05, 3.63) is 56.0 Å². The van der Waals surface area contributed by atoms with E-state index >= 15 is 0 Å². The number of halogens is 2. The van der Waals surface area contributed by atoms with E-state index in [1.165, 1.54) is 0 Å². The van der Waals surface area contributed by atoms with E-state index in [2.05, 4.69) is 42.2 Å². The predicted molar refractivity (Wildman–Crippen MR) is 92.6 cm³/mol. The quantitative estimate of drug-likeness (QED) is 0.717. The predicted octanol–water partition coefficient (Wildman–Crippen LogP) is 4.90. The molecule has 1 N–H and O–H groups in total. The number of carbonyl (C=O) groups is 1. The number of aliphatic imine (C=N–C) groups is 1.